The van der Waals surface area contributed by atoms with E-state index in [1.807, 2.05) is 78.9 Å². The van der Waals surface area contributed by atoms with Crippen molar-refractivity contribution in [3.05, 3.63) is 95.6 Å². The third kappa shape index (κ3) is 9.24. The zero-order valence-corrected chi connectivity index (χ0v) is 24.6. The number of amides is 2. The lowest BCUT2D eigenvalue weighted by molar-refractivity contribution is -0.120. The van der Waals surface area contributed by atoms with E-state index in [1.54, 1.807) is 4.90 Å². The third-order valence-electron chi connectivity index (χ3n) is 7.22. The number of nitrogens with zero attached hydrogens (tertiary/aromatic N) is 1. The second-order valence-corrected chi connectivity index (χ2v) is 10.5. The fourth-order valence-electron chi connectivity index (χ4n) is 4.96. The molecule has 0 aromatic heterocycles. The number of rotatable bonds is 15. The van der Waals surface area contributed by atoms with Crippen molar-refractivity contribution in [3.63, 3.8) is 0 Å². The lowest BCUT2D eigenvalue weighted by Crippen LogP contribution is -2.48. The summed E-state index contributed by atoms with van der Waals surface area (Å²) in [5.41, 5.74) is 2.91. The van der Waals surface area contributed by atoms with Crippen molar-refractivity contribution in [2.24, 2.45) is 0 Å². The molecular formula is C34H42N2O6. The van der Waals surface area contributed by atoms with E-state index in [0.717, 1.165) is 42.4 Å². The van der Waals surface area contributed by atoms with Gasteiger partial charge in [-0.25, -0.2) is 4.79 Å². The highest BCUT2D eigenvalue weighted by Gasteiger charge is 2.36. The molecule has 1 heterocycles. The molecule has 1 saturated heterocycles. The summed E-state index contributed by atoms with van der Waals surface area (Å²) in [4.78, 5) is 26.4. The molecule has 4 rings (SSSR count). The van der Waals surface area contributed by atoms with Crippen molar-refractivity contribution in [1.82, 2.24) is 10.2 Å². The van der Waals surface area contributed by atoms with Crippen molar-refractivity contribution in [2.45, 2.75) is 71.5 Å². The summed E-state index contributed by atoms with van der Waals surface area (Å²) < 4.78 is 24.6. The van der Waals surface area contributed by atoms with Gasteiger partial charge in [0, 0.05) is 25.6 Å². The van der Waals surface area contributed by atoms with Gasteiger partial charge in [0.1, 0.15) is 13.2 Å². The van der Waals surface area contributed by atoms with Crippen molar-refractivity contribution >= 4 is 12.0 Å². The van der Waals surface area contributed by atoms with Gasteiger partial charge >= 0.3 is 6.09 Å². The average Bonchev–Trinajstić information content (AvgIpc) is 3.50. The van der Waals surface area contributed by atoms with Crippen LogP contribution in [0.25, 0.3) is 0 Å². The predicted octanol–water partition coefficient (Wildman–Crippen LogP) is 6.27. The van der Waals surface area contributed by atoms with Crippen LogP contribution in [-0.4, -0.2) is 48.7 Å². The summed E-state index contributed by atoms with van der Waals surface area (Å²) in [6.45, 7) is 5.80. The Labute approximate surface area is 248 Å². The van der Waals surface area contributed by atoms with Crippen molar-refractivity contribution < 1.29 is 28.5 Å². The van der Waals surface area contributed by atoms with Crippen LogP contribution in [0.1, 0.15) is 56.2 Å². The number of likely N-dealkylation sites (tertiary alicyclic amines) is 1. The zero-order chi connectivity index (χ0) is 29.6. The maximum Gasteiger partial charge on any atom is 0.410 e. The number of para-hydroxylation sites is 1. The van der Waals surface area contributed by atoms with Gasteiger partial charge in [-0.1, -0.05) is 86.1 Å². The average molecular weight is 575 g/mol. The Morgan fingerprint density at radius 2 is 1.60 bits per heavy atom. The van der Waals surface area contributed by atoms with Crippen molar-refractivity contribution in [1.29, 1.82) is 0 Å². The van der Waals surface area contributed by atoms with Gasteiger partial charge in [-0.05, 0) is 36.5 Å². The van der Waals surface area contributed by atoms with Crippen LogP contribution in [0.2, 0.25) is 0 Å². The summed E-state index contributed by atoms with van der Waals surface area (Å²) in [7, 11) is 0. The molecular weight excluding hydrogens is 532 g/mol. The predicted molar refractivity (Wildman–Crippen MR) is 161 cm³/mol. The molecule has 0 radical (unpaired) electrons. The van der Waals surface area contributed by atoms with E-state index in [4.69, 9.17) is 18.9 Å². The van der Waals surface area contributed by atoms with Crippen LogP contribution in [0.3, 0.4) is 0 Å². The molecule has 1 aliphatic rings. The first-order valence-electron chi connectivity index (χ1n) is 14.8. The van der Waals surface area contributed by atoms with Crippen LogP contribution in [0, 0.1) is 0 Å². The zero-order valence-electron chi connectivity index (χ0n) is 24.6. The Morgan fingerprint density at radius 1 is 0.905 bits per heavy atom. The lowest BCUT2D eigenvalue weighted by Gasteiger charge is -2.31. The fraction of sp³-hybridized carbons (Fsp3) is 0.412. The van der Waals surface area contributed by atoms with Gasteiger partial charge in [0.2, 0.25) is 5.91 Å². The largest absolute Gasteiger partial charge is 0.485 e. The van der Waals surface area contributed by atoms with E-state index in [9.17, 15) is 9.59 Å². The minimum atomic E-state index is -0.425. The normalized spacial score (nSPS) is 15.2. The highest BCUT2D eigenvalue weighted by atomic mass is 16.6. The number of unbranched alkanes of at least 4 members (excludes halogenated alkanes) is 1. The minimum absolute atomic E-state index is 0.151. The maximum absolute atomic E-state index is 12.9. The van der Waals surface area contributed by atoms with E-state index in [2.05, 4.69) is 12.2 Å². The Morgan fingerprint density at radius 3 is 2.26 bits per heavy atom. The number of ether oxygens (including phenoxy) is 4. The molecule has 1 aliphatic heterocycles. The van der Waals surface area contributed by atoms with Gasteiger partial charge in [-0.2, -0.15) is 0 Å². The number of hydrogen-bond donors (Lipinski definition) is 1. The Balaban J connectivity index is 1.52. The number of carbonyl (C=O) groups excluding carboxylic acids is 2. The minimum Gasteiger partial charge on any atom is -0.485 e. The second-order valence-electron chi connectivity index (χ2n) is 10.5. The lowest BCUT2D eigenvalue weighted by atomic mass is 10.1. The maximum atomic E-state index is 12.9. The highest BCUT2D eigenvalue weighted by molar-refractivity contribution is 5.73. The topological polar surface area (TPSA) is 86.3 Å². The van der Waals surface area contributed by atoms with E-state index in [0.29, 0.717) is 37.9 Å². The van der Waals surface area contributed by atoms with Crippen LogP contribution < -0.4 is 14.8 Å². The highest BCUT2D eigenvalue weighted by Crippen LogP contribution is 2.34. The van der Waals surface area contributed by atoms with E-state index < -0.39 is 6.10 Å². The molecule has 0 spiro atoms. The second kappa shape index (κ2) is 16.4. The number of benzene rings is 3. The first-order chi connectivity index (χ1) is 20.5. The molecule has 0 aliphatic carbocycles. The summed E-state index contributed by atoms with van der Waals surface area (Å²) in [6.07, 6.45) is 2.64. The fourth-order valence-corrected chi connectivity index (χ4v) is 4.96. The molecule has 1 N–H and O–H groups in total. The first-order valence-corrected chi connectivity index (χ1v) is 14.8. The Hall–Kier alpha value is -4.04. The van der Waals surface area contributed by atoms with Crippen LogP contribution in [0.15, 0.2) is 78.9 Å². The molecule has 0 saturated carbocycles. The molecule has 8 nitrogen and oxygen atoms in total. The van der Waals surface area contributed by atoms with Gasteiger partial charge in [-0.3, -0.25) is 4.79 Å². The van der Waals surface area contributed by atoms with Gasteiger partial charge in [0.05, 0.1) is 25.4 Å². The summed E-state index contributed by atoms with van der Waals surface area (Å²) in [5, 5.41) is 2.88. The van der Waals surface area contributed by atoms with Crippen LogP contribution >= 0.6 is 0 Å². The van der Waals surface area contributed by atoms with E-state index in [1.165, 1.54) is 6.92 Å². The third-order valence-corrected chi connectivity index (χ3v) is 7.22. The molecule has 42 heavy (non-hydrogen) atoms. The SMILES string of the molecule is CCCCOC(=O)N1CCCC1C(CNC(C)=O)OCc1cccc(OCc2ccccc2)c1OCc1ccccc1. The molecule has 3 aromatic rings. The standard InChI is InChI=1S/C34H42N2O6/c1-3-4-21-39-34(38)36-20-12-18-30(36)32(22-35-26(2)37)41-25-29-17-11-19-31(40-23-27-13-7-5-8-14-27)33(29)42-24-28-15-9-6-10-16-28/h5-11,13-17,19,30,32H,3-4,12,18,20-25H2,1-2H3,(H,35,37). The monoisotopic (exact) mass is 574 g/mol. The molecule has 0 bridgehead atoms. The molecule has 3 aromatic carbocycles. The van der Waals surface area contributed by atoms with Gasteiger partial charge in [0.15, 0.2) is 11.5 Å². The Kier molecular flexibility index (Phi) is 12.1. The van der Waals surface area contributed by atoms with Crippen molar-refractivity contribution in [3.8, 4) is 11.5 Å². The molecule has 8 heteroatoms. The number of hydrogen-bond acceptors (Lipinski definition) is 6. The van der Waals surface area contributed by atoms with E-state index >= 15 is 0 Å². The van der Waals surface area contributed by atoms with Gasteiger partial charge in [-0.15, -0.1) is 0 Å². The van der Waals surface area contributed by atoms with Gasteiger partial charge in [0.25, 0.3) is 0 Å². The van der Waals surface area contributed by atoms with Crippen LogP contribution in [0.5, 0.6) is 11.5 Å². The molecule has 2 amide bonds. The summed E-state index contributed by atoms with van der Waals surface area (Å²) in [6, 6.07) is 25.5. The molecule has 224 valence electrons. The van der Waals surface area contributed by atoms with Gasteiger partial charge < -0.3 is 29.2 Å². The van der Waals surface area contributed by atoms with Crippen LogP contribution in [0.4, 0.5) is 4.79 Å². The van der Waals surface area contributed by atoms with Crippen molar-refractivity contribution in [2.75, 3.05) is 19.7 Å². The smallest absolute Gasteiger partial charge is 0.410 e. The summed E-state index contributed by atoms with van der Waals surface area (Å²) in [5.74, 6) is 1.08. The van der Waals surface area contributed by atoms with Crippen LogP contribution in [-0.2, 0) is 34.1 Å². The Bertz CT molecular complexity index is 1250. The molecule has 2 atom stereocenters. The number of nitrogens with one attached hydrogen (secondary N) is 1. The first kappa shape index (κ1) is 30.9. The quantitative estimate of drug-likeness (QED) is 0.216. The number of carbonyl (C=O) groups is 2. The summed E-state index contributed by atoms with van der Waals surface area (Å²) >= 11 is 0. The van der Waals surface area contributed by atoms with E-state index in [-0.39, 0.29) is 31.2 Å². The molecule has 1 fully saturated rings. The molecule has 2 unspecified atom stereocenters.